The Kier molecular flexibility index (Phi) is 6.75. The lowest BCUT2D eigenvalue weighted by molar-refractivity contribution is -0.138. The minimum absolute atomic E-state index is 0.0167. The third kappa shape index (κ3) is 5.04. The van der Waals surface area contributed by atoms with Crippen molar-refractivity contribution in [3.8, 4) is 11.1 Å². The summed E-state index contributed by atoms with van der Waals surface area (Å²) < 4.78 is 5.70. The molecule has 1 aliphatic heterocycles. The summed E-state index contributed by atoms with van der Waals surface area (Å²) in [6.07, 6.45) is 3.50. The van der Waals surface area contributed by atoms with Crippen molar-refractivity contribution in [3.63, 3.8) is 0 Å². The number of carboxylic acid groups (broad SMARTS) is 1. The molecule has 2 aliphatic carbocycles. The molecule has 2 amide bonds. The van der Waals surface area contributed by atoms with Gasteiger partial charge >= 0.3 is 12.1 Å². The van der Waals surface area contributed by atoms with Gasteiger partial charge in [-0.05, 0) is 53.4 Å². The number of amides is 2. The van der Waals surface area contributed by atoms with Gasteiger partial charge in [0.1, 0.15) is 6.61 Å². The van der Waals surface area contributed by atoms with Crippen molar-refractivity contribution in [1.82, 2.24) is 10.2 Å². The summed E-state index contributed by atoms with van der Waals surface area (Å²) in [4.78, 5) is 38.3. The molecule has 7 heteroatoms. The second kappa shape index (κ2) is 10.1. The number of carboxylic acids is 1. The summed E-state index contributed by atoms with van der Waals surface area (Å²) in [6, 6.07) is 16.4. The smallest absolute Gasteiger partial charge is 0.407 e. The van der Waals surface area contributed by atoms with Crippen LogP contribution in [0, 0.1) is 11.8 Å². The Balaban J connectivity index is 1.14. The quantitative estimate of drug-likeness (QED) is 0.617. The minimum atomic E-state index is -0.813. The molecule has 0 bridgehead atoms. The second-order valence-electron chi connectivity index (χ2n) is 10.1. The minimum Gasteiger partial charge on any atom is -0.481 e. The van der Waals surface area contributed by atoms with Crippen LogP contribution in [0.4, 0.5) is 4.79 Å². The summed E-state index contributed by atoms with van der Waals surface area (Å²) in [7, 11) is 0. The summed E-state index contributed by atoms with van der Waals surface area (Å²) in [5.74, 6) is -0.615. The molecular weight excluding hydrogens is 444 g/mol. The van der Waals surface area contributed by atoms with Gasteiger partial charge in [-0.2, -0.15) is 0 Å². The molecule has 1 saturated carbocycles. The highest BCUT2D eigenvalue weighted by molar-refractivity contribution is 5.79. The van der Waals surface area contributed by atoms with E-state index in [9.17, 15) is 14.4 Å². The Bertz CT molecular complexity index is 1070. The molecule has 35 heavy (non-hydrogen) atoms. The van der Waals surface area contributed by atoms with E-state index in [4.69, 9.17) is 9.84 Å². The molecule has 2 aromatic rings. The van der Waals surface area contributed by atoms with E-state index in [0.717, 1.165) is 25.7 Å². The van der Waals surface area contributed by atoms with Crippen LogP contribution in [0.3, 0.4) is 0 Å². The summed E-state index contributed by atoms with van der Waals surface area (Å²) >= 11 is 0. The van der Waals surface area contributed by atoms with Crippen molar-refractivity contribution in [2.45, 2.75) is 50.5 Å². The largest absolute Gasteiger partial charge is 0.481 e. The predicted molar refractivity (Wildman–Crippen MR) is 131 cm³/mol. The lowest BCUT2D eigenvalue weighted by Gasteiger charge is -2.24. The van der Waals surface area contributed by atoms with Gasteiger partial charge in [0, 0.05) is 37.9 Å². The van der Waals surface area contributed by atoms with E-state index in [2.05, 4.69) is 29.6 Å². The van der Waals surface area contributed by atoms with Gasteiger partial charge < -0.3 is 20.1 Å². The van der Waals surface area contributed by atoms with Gasteiger partial charge in [0.15, 0.2) is 0 Å². The Morgan fingerprint density at radius 2 is 1.63 bits per heavy atom. The maximum Gasteiger partial charge on any atom is 0.407 e. The summed E-state index contributed by atoms with van der Waals surface area (Å²) in [6.45, 7) is 1.41. The van der Waals surface area contributed by atoms with E-state index in [1.54, 1.807) is 4.90 Å². The van der Waals surface area contributed by atoms with E-state index < -0.39 is 12.1 Å². The number of hydrogen-bond donors (Lipinski definition) is 2. The number of hydrogen-bond acceptors (Lipinski definition) is 4. The number of benzene rings is 2. The van der Waals surface area contributed by atoms with E-state index in [1.165, 1.54) is 22.3 Å². The van der Waals surface area contributed by atoms with Crippen molar-refractivity contribution >= 4 is 18.0 Å². The number of alkyl carbamates (subject to hydrolysis) is 1. The zero-order valence-corrected chi connectivity index (χ0v) is 19.8. The van der Waals surface area contributed by atoms with Gasteiger partial charge in [0.05, 0.1) is 0 Å². The van der Waals surface area contributed by atoms with Crippen LogP contribution in [0.25, 0.3) is 11.1 Å². The number of rotatable bonds is 7. The third-order valence-electron chi connectivity index (χ3n) is 7.84. The van der Waals surface area contributed by atoms with Crippen LogP contribution in [0.15, 0.2) is 48.5 Å². The molecule has 0 spiro atoms. The molecule has 5 rings (SSSR count). The fraction of sp³-hybridized carbons (Fsp3) is 0.464. The second-order valence-corrected chi connectivity index (χ2v) is 10.1. The van der Waals surface area contributed by atoms with Crippen LogP contribution in [-0.2, 0) is 14.3 Å². The van der Waals surface area contributed by atoms with Gasteiger partial charge in [-0.15, -0.1) is 0 Å². The first kappa shape index (κ1) is 23.4. The molecule has 1 heterocycles. The maximum atomic E-state index is 12.8. The molecule has 2 fully saturated rings. The number of nitrogens with zero attached hydrogens (tertiary/aromatic N) is 1. The van der Waals surface area contributed by atoms with Gasteiger partial charge in [-0.1, -0.05) is 55.0 Å². The van der Waals surface area contributed by atoms with E-state index >= 15 is 0 Å². The Morgan fingerprint density at radius 1 is 0.943 bits per heavy atom. The van der Waals surface area contributed by atoms with Crippen molar-refractivity contribution in [1.29, 1.82) is 0 Å². The first-order valence-electron chi connectivity index (χ1n) is 12.6. The molecule has 3 atom stereocenters. The van der Waals surface area contributed by atoms with Gasteiger partial charge in [0.25, 0.3) is 0 Å². The number of aliphatic carboxylic acids is 1. The van der Waals surface area contributed by atoms with Crippen molar-refractivity contribution in [2.24, 2.45) is 11.8 Å². The average Bonchev–Trinajstić information content (AvgIpc) is 3.56. The van der Waals surface area contributed by atoms with Crippen molar-refractivity contribution in [3.05, 3.63) is 59.7 Å². The molecule has 3 aliphatic rings. The Hall–Kier alpha value is -3.35. The molecule has 0 aromatic heterocycles. The fourth-order valence-electron chi connectivity index (χ4n) is 6.09. The van der Waals surface area contributed by atoms with Gasteiger partial charge in [-0.3, -0.25) is 9.59 Å². The lowest BCUT2D eigenvalue weighted by Crippen LogP contribution is -2.40. The van der Waals surface area contributed by atoms with E-state index in [1.807, 2.05) is 24.3 Å². The molecular formula is C28H32N2O5. The van der Waals surface area contributed by atoms with Crippen LogP contribution >= 0.6 is 0 Å². The van der Waals surface area contributed by atoms with Gasteiger partial charge in [-0.25, -0.2) is 4.79 Å². The number of nitrogens with one attached hydrogen (secondary N) is 1. The number of ether oxygens (including phenoxy) is 1. The van der Waals surface area contributed by atoms with Crippen LogP contribution in [0.1, 0.15) is 55.6 Å². The molecule has 3 unspecified atom stereocenters. The lowest BCUT2D eigenvalue weighted by atomic mass is 9.98. The number of carbonyl (C=O) groups is 3. The average molecular weight is 477 g/mol. The molecule has 184 valence electrons. The molecule has 1 saturated heterocycles. The molecule has 2 aromatic carbocycles. The zero-order valence-electron chi connectivity index (χ0n) is 19.8. The van der Waals surface area contributed by atoms with Crippen molar-refractivity contribution < 1.29 is 24.2 Å². The molecule has 7 nitrogen and oxygen atoms in total. The van der Waals surface area contributed by atoms with Crippen molar-refractivity contribution in [2.75, 3.05) is 19.7 Å². The van der Waals surface area contributed by atoms with E-state index in [-0.39, 0.29) is 42.7 Å². The summed E-state index contributed by atoms with van der Waals surface area (Å²) in [5, 5.41) is 12.0. The standard InChI is InChI=1S/C28H32N2O5/c31-26(30-13-12-18(16-30)14-27(32)33)15-19-6-5-11-25(19)29-28(34)35-17-24-22-9-3-1-7-20(22)21-8-2-4-10-23(21)24/h1-4,7-10,18-19,24-25H,5-6,11-17H2,(H,29,34)(H,32,33). The van der Waals surface area contributed by atoms with Crippen LogP contribution < -0.4 is 5.32 Å². The number of carbonyl (C=O) groups excluding carboxylic acids is 2. The Labute approximate surface area is 205 Å². The third-order valence-corrected chi connectivity index (χ3v) is 7.84. The van der Waals surface area contributed by atoms with Crippen LogP contribution in [0.5, 0.6) is 0 Å². The number of fused-ring (bicyclic) bond motifs is 3. The highest BCUT2D eigenvalue weighted by atomic mass is 16.5. The van der Waals surface area contributed by atoms with Gasteiger partial charge in [0.2, 0.25) is 5.91 Å². The first-order valence-corrected chi connectivity index (χ1v) is 12.6. The highest BCUT2D eigenvalue weighted by Gasteiger charge is 2.35. The zero-order chi connectivity index (χ0) is 24.4. The monoisotopic (exact) mass is 476 g/mol. The Morgan fingerprint density at radius 3 is 2.31 bits per heavy atom. The van der Waals surface area contributed by atoms with Crippen LogP contribution in [0.2, 0.25) is 0 Å². The normalized spacial score (nSPS) is 23.1. The van der Waals surface area contributed by atoms with Crippen LogP contribution in [-0.4, -0.2) is 53.7 Å². The molecule has 2 N–H and O–H groups in total. The maximum absolute atomic E-state index is 12.8. The summed E-state index contributed by atoms with van der Waals surface area (Å²) in [5.41, 5.74) is 4.74. The topological polar surface area (TPSA) is 95.9 Å². The first-order chi connectivity index (χ1) is 17.0. The molecule has 0 radical (unpaired) electrons. The van der Waals surface area contributed by atoms with E-state index in [0.29, 0.717) is 19.5 Å². The fourth-order valence-corrected chi connectivity index (χ4v) is 6.09. The highest BCUT2D eigenvalue weighted by Crippen LogP contribution is 2.44. The SMILES string of the molecule is O=C(O)CC1CCN(C(=O)CC2CCCC2NC(=O)OCC2c3ccccc3-c3ccccc32)C1. The predicted octanol–water partition coefficient (Wildman–Crippen LogP) is 4.41. The number of likely N-dealkylation sites (tertiary alicyclic amines) is 1.